The predicted octanol–water partition coefficient (Wildman–Crippen LogP) is 2.03. The molecule has 2 aromatic carbocycles. The lowest BCUT2D eigenvalue weighted by atomic mass is 10.3. The van der Waals surface area contributed by atoms with Crippen LogP contribution in [0.1, 0.15) is 0 Å². The third-order valence-electron chi connectivity index (χ3n) is 3.58. The lowest BCUT2D eigenvalue weighted by Crippen LogP contribution is -2.33. The molecular weight excluding hydrogens is 324 g/mol. The number of ether oxygens (including phenoxy) is 4. The number of amides is 1. The molecule has 1 aliphatic rings. The van der Waals surface area contributed by atoms with Crippen molar-refractivity contribution in [3.05, 3.63) is 42.5 Å². The average Bonchev–Trinajstić information content (AvgIpc) is 3.11. The minimum absolute atomic E-state index is 0.125. The molecule has 0 spiro atoms. The Morgan fingerprint density at radius 2 is 2.00 bits per heavy atom. The quantitative estimate of drug-likeness (QED) is 0.714. The monoisotopic (exact) mass is 344 g/mol. The van der Waals surface area contributed by atoms with E-state index in [2.05, 4.69) is 10.6 Å². The number of carbonyl (C=O) groups excluding carboxylic acids is 1. The van der Waals surface area contributed by atoms with Gasteiger partial charge in [-0.25, -0.2) is 0 Å². The maximum Gasteiger partial charge on any atom is 0.239 e. The van der Waals surface area contributed by atoms with Gasteiger partial charge in [0.1, 0.15) is 18.1 Å². The van der Waals surface area contributed by atoms with Gasteiger partial charge in [0.05, 0.1) is 25.9 Å². The second-order valence-corrected chi connectivity index (χ2v) is 5.27. The number of carbonyl (C=O) groups is 1. The van der Waals surface area contributed by atoms with E-state index in [1.54, 1.807) is 25.3 Å². The SMILES string of the molecule is COc1ccccc1NCC(=O)NCCOc1ccc2c(c1)OCO2. The minimum Gasteiger partial charge on any atom is -0.495 e. The molecule has 2 N–H and O–H groups in total. The molecule has 7 nitrogen and oxygen atoms in total. The van der Waals surface area contributed by atoms with E-state index in [0.717, 1.165) is 5.69 Å². The average molecular weight is 344 g/mol. The first-order valence-corrected chi connectivity index (χ1v) is 7.92. The van der Waals surface area contributed by atoms with Crippen LogP contribution in [0.15, 0.2) is 42.5 Å². The van der Waals surface area contributed by atoms with Gasteiger partial charge in [0.2, 0.25) is 12.7 Å². The van der Waals surface area contributed by atoms with E-state index in [-0.39, 0.29) is 19.2 Å². The van der Waals surface area contributed by atoms with Crippen LogP contribution in [-0.2, 0) is 4.79 Å². The molecule has 0 bridgehead atoms. The summed E-state index contributed by atoms with van der Waals surface area (Å²) in [5.41, 5.74) is 0.775. The Morgan fingerprint density at radius 1 is 1.16 bits per heavy atom. The van der Waals surface area contributed by atoms with Crippen LogP contribution < -0.4 is 29.6 Å². The van der Waals surface area contributed by atoms with Crippen molar-refractivity contribution in [2.24, 2.45) is 0 Å². The Balaban J connectivity index is 1.37. The van der Waals surface area contributed by atoms with Gasteiger partial charge in [-0.3, -0.25) is 4.79 Å². The Bertz CT molecular complexity index is 735. The topological polar surface area (TPSA) is 78.1 Å². The van der Waals surface area contributed by atoms with E-state index < -0.39 is 0 Å². The summed E-state index contributed by atoms with van der Waals surface area (Å²) >= 11 is 0. The van der Waals surface area contributed by atoms with Crippen molar-refractivity contribution >= 4 is 11.6 Å². The summed E-state index contributed by atoms with van der Waals surface area (Å²) in [5.74, 6) is 2.62. The molecule has 25 heavy (non-hydrogen) atoms. The van der Waals surface area contributed by atoms with Crippen molar-refractivity contribution in [3.63, 3.8) is 0 Å². The molecule has 0 radical (unpaired) electrons. The molecule has 0 fully saturated rings. The van der Waals surface area contributed by atoms with Crippen LogP contribution in [-0.4, -0.2) is 39.5 Å². The van der Waals surface area contributed by atoms with E-state index in [1.165, 1.54) is 0 Å². The van der Waals surface area contributed by atoms with Crippen LogP contribution in [0.25, 0.3) is 0 Å². The van der Waals surface area contributed by atoms with Gasteiger partial charge in [-0.2, -0.15) is 0 Å². The van der Waals surface area contributed by atoms with Crippen molar-refractivity contribution in [3.8, 4) is 23.0 Å². The molecule has 0 unspecified atom stereocenters. The Kier molecular flexibility index (Phi) is 5.46. The van der Waals surface area contributed by atoms with Crippen LogP contribution in [0.2, 0.25) is 0 Å². The smallest absolute Gasteiger partial charge is 0.239 e. The molecule has 1 aliphatic heterocycles. The first kappa shape index (κ1) is 16.8. The molecule has 0 aliphatic carbocycles. The third kappa shape index (κ3) is 4.47. The summed E-state index contributed by atoms with van der Waals surface area (Å²) in [5, 5.41) is 5.83. The zero-order valence-electron chi connectivity index (χ0n) is 13.9. The molecule has 1 amide bonds. The van der Waals surface area contributed by atoms with Crippen molar-refractivity contribution in [2.75, 3.05) is 38.9 Å². The van der Waals surface area contributed by atoms with Gasteiger partial charge >= 0.3 is 0 Å². The van der Waals surface area contributed by atoms with Crippen molar-refractivity contribution in [1.29, 1.82) is 0 Å². The van der Waals surface area contributed by atoms with Gasteiger partial charge < -0.3 is 29.6 Å². The number of hydrogen-bond acceptors (Lipinski definition) is 6. The fourth-order valence-electron chi connectivity index (χ4n) is 2.35. The highest BCUT2D eigenvalue weighted by Crippen LogP contribution is 2.34. The zero-order valence-corrected chi connectivity index (χ0v) is 13.9. The zero-order chi connectivity index (χ0) is 17.5. The van der Waals surface area contributed by atoms with Crippen molar-refractivity contribution in [2.45, 2.75) is 0 Å². The van der Waals surface area contributed by atoms with Crippen LogP contribution in [0.5, 0.6) is 23.0 Å². The summed E-state index contributed by atoms with van der Waals surface area (Å²) in [6, 6.07) is 12.8. The summed E-state index contributed by atoms with van der Waals surface area (Å²) in [7, 11) is 1.59. The van der Waals surface area contributed by atoms with Gasteiger partial charge in [0, 0.05) is 6.07 Å². The summed E-state index contributed by atoms with van der Waals surface area (Å²) in [6.07, 6.45) is 0. The molecule has 0 saturated heterocycles. The first-order chi connectivity index (χ1) is 12.3. The van der Waals surface area contributed by atoms with Crippen molar-refractivity contribution in [1.82, 2.24) is 5.32 Å². The standard InChI is InChI=1S/C18H20N2O5/c1-22-15-5-3-2-4-14(15)20-11-18(21)19-8-9-23-13-6-7-16-17(10-13)25-12-24-16/h2-7,10,20H,8-9,11-12H2,1H3,(H,19,21). The second kappa shape index (κ2) is 8.14. The molecule has 0 aromatic heterocycles. The number of rotatable bonds is 8. The second-order valence-electron chi connectivity index (χ2n) is 5.27. The van der Waals surface area contributed by atoms with Crippen LogP contribution >= 0.6 is 0 Å². The largest absolute Gasteiger partial charge is 0.495 e. The van der Waals surface area contributed by atoms with Gasteiger partial charge in [0.25, 0.3) is 0 Å². The van der Waals surface area contributed by atoms with Gasteiger partial charge in [-0.1, -0.05) is 12.1 Å². The maximum absolute atomic E-state index is 11.9. The number of fused-ring (bicyclic) bond motifs is 1. The van der Waals surface area contributed by atoms with Crippen LogP contribution in [0.4, 0.5) is 5.69 Å². The fraction of sp³-hybridized carbons (Fsp3) is 0.278. The van der Waals surface area contributed by atoms with E-state index in [9.17, 15) is 4.79 Å². The lowest BCUT2D eigenvalue weighted by Gasteiger charge is -2.11. The van der Waals surface area contributed by atoms with Gasteiger partial charge in [0.15, 0.2) is 11.5 Å². The Labute approximate surface area is 145 Å². The Morgan fingerprint density at radius 3 is 2.88 bits per heavy atom. The normalized spacial score (nSPS) is 11.7. The summed E-state index contributed by atoms with van der Waals surface area (Å²) < 4.78 is 21.3. The number of para-hydroxylation sites is 2. The minimum atomic E-state index is -0.125. The highest BCUT2D eigenvalue weighted by atomic mass is 16.7. The number of hydrogen-bond donors (Lipinski definition) is 2. The molecule has 0 saturated carbocycles. The Hall–Kier alpha value is -3.09. The maximum atomic E-state index is 11.9. The molecule has 2 aromatic rings. The third-order valence-corrected chi connectivity index (χ3v) is 3.58. The number of benzene rings is 2. The first-order valence-electron chi connectivity index (χ1n) is 7.92. The number of anilines is 1. The lowest BCUT2D eigenvalue weighted by molar-refractivity contribution is -0.119. The number of methoxy groups -OCH3 is 1. The van der Waals surface area contributed by atoms with E-state index in [4.69, 9.17) is 18.9 Å². The van der Waals surface area contributed by atoms with Gasteiger partial charge in [-0.15, -0.1) is 0 Å². The van der Waals surface area contributed by atoms with E-state index >= 15 is 0 Å². The van der Waals surface area contributed by atoms with Crippen molar-refractivity contribution < 1.29 is 23.7 Å². The molecule has 0 atom stereocenters. The van der Waals surface area contributed by atoms with E-state index in [1.807, 2.05) is 24.3 Å². The number of nitrogens with one attached hydrogen (secondary N) is 2. The fourth-order valence-corrected chi connectivity index (χ4v) is 2.35. The highest BCUT2D eigenvalue weighted by molar-refractivity contribution is 5.81. The molecular formula is C18H20N2O5. The molecule has 7 heteroatoms. The van der Waals surface area contributed by atoms with Crippen LogP contribution in [0.3, 0.4) is 0 Å². The highest BCUT2D eigenvalue weighted by Gasteiger charge is 2.13. The molecule has 132 valence electrons. The predicted molar refractivity (Wildman–Crippen MR) is 92.6 cm³/mol. The van der Waals surface area contributed by atoms with Gasteiger partial charge in [-0.05, 0) is 24.3 Å². The summed E-state index contributed by atoms with van der Waals surface area (Å²) in [4.78, 5) is 11.9. The van der Waals surface area contributed by atoms with Crippen LogP contribution in [0, 0.1) is 0 Å². The summed E-state index contributed by atoms with van der Waals surface area (Å²) in [6.45, 7) is 1.15. The molecule has 1 heterocycles. The molecule has 3 rings (SSSR count). The van der Waals surface area contributed by atoms with E-state index in [0.29, 0.717) is 36.1 Å².